The SMILES string of the molecule is C/C(Cl)=C(\Cl)C(=O)[O][Tl]. The second kappa shape index (κ2) is 4.52. The van der Waals surface area contributed by atoms with Crippen LogP contribution < -0.4 is 0 Å². The first kappa shape index (κ1) is 9.71. The Morgan fingerprint density at radius 1 is 1.56 bits per heavy atom. The summed E-state index contributed by atoms with van der Waals surface area (Å²) in [6.45, 7) is 1.53. The number of carbonyl (C=O) groups is 1. The zero-order chi connectivity index (χ0) is 7.44. The van der Waals surface area contributed by atoms with Gasteiger partial charge in [0, 0.05) is 0 Å². The molecule has 0 aliphatic heterocycles. The molecule has 0 aliphatic carbocycles. The molecule has 0 N–H and O–H groups in total. The van der Waals surface area contributed by atoms with Crippen molar-refractivity contribution >= 4 is 55.4 Å². The van der Waals surface area contributed by atoms with Gasteiger partial charge in [0.05, 0.1) is 0 Å². The minimum absolute atomic E-state index is 0.0285. The monoisotopic (exact) mass is 358 g/mol. The minimum atomic E-state index is -0.533. The molecule has 0 aromatic heterocycles. The van der Waals surface area contributed by atoms with Crippen molar-refractivity contribution < 1.29 is 7.48 Å². The molecule has 2 nitrogen and oxygen atoms in total. The van der Waals surface area contributed by atoms with Gasteiger partial charge >= 0.3 is 79.9 Å². The zero-order valence-corrected chi connectivity index (χ0v) is 10.7. The Labute approximate surface area is 79.5 Å². The van der Waals surface area contributed by atoms with Crippen LogP contribution in [0.1, 0.15) is 6.92 Å². The molecule has 0 aliphatic rings. The van der Waals surface area contributed by atoms with Crippen LogP contribution in [0.25, 0.3) is 0 Å². The third-order valence-corrected chi connectivity index (χ3v) is 2.14. The van der Waals surface area contributed by atoms with E-state index in [4.69, 9.17) is 23.2 Å². The van der Waals surface area contributed by atoms with Crippen LogP contribution in [0.3, 0.4) is 0 Å². The fourth-order valence-corrected chi connectivity index (χ4v) is 1.06. The number of halogens is 2. The molecule has 0 unspecified atom stereocenters. The third kappa shape index (κ3) is 3.42. The molecule has 0 heterocycles. The number of allylic oxidation sites excluding steroid dienone is 1. The average Bonchev–Trinajstić information content (AvgIpc) is 1.84. The van der Waals surface area contributed by atoms with E-state index in [0.29, 0.717) is 0 Å². The van der Waals surface area contributed by atoms with Gasteiger partial charge in [-0.1, -0.05) is 0 Å². The maximum absolute atomic E-state index is 10.5. The van der Waals surface area contributed by atoms with E-state index < -0.39 is 5.97 Å². The van der Waals surface area contributed by atoms with Gasteiger partial charge in [0.15, 0.2) is 0 Å². The molecule has 0 bridgehead atoms. The summed E-state index contributed by atoms with van der Waals surface area (Å²) < 4.78 is 4.43. The Morgan fingerprint density at radius 3 is 2.11 bits per heavy atom. The summed E-state index contributed by atoms with van der Waals surface area (Å²) >= 11 is 10.9. The van der Waals surface area contributed by atoms with E-state index in [1.807, 2.05) is 0 Å². The molecule has 5 heteroatoms. The molecule has 0 saturated carbocycles. The second-order valence-corrected chi connectivity index (χ2v) is 3.11. The standard InChI is InChI=1S/C4H4Cl2O2.Tl/c1-2(5)3(6)4(7)8;/h1H3,(H,7,8);/q;+1/p-1/b3-2+;. The second-order valence-electron chi connectivity index (χ2n) is 1.25. The van der Waals surface area contributed by atoms with Crippen LogP contribution in [-0.2, 0) is 7.48 Å². The number of rotatable bonds is 1. The summed E-state index contributed by atoms with van der Waals surface area (Å²) in [6, 6.07) is 0. The molecule has 0 radical (unpaired) electrons. The molecule has 0 aromatic carbocycles. The summed E-state index contributed by atoms with van der Waals surface area (Å²) in [4.78, 5) is 10.5. The van der Waals surface area contributed by atoms with Crippen molar-refractivity contribution in [1.82, 2.24) is 0 Å². The third-order valence-electron chi connectivity index (χ3n) is 0.589. The Hall–Kier alpha value is 0.712. The van der Waals surface area contributed by atoms with Crippen molar-refractivity contribution in [3.8, 4) is 0 Å². The molecule has 48 valence electrons. The summed E-state index contributed by atoms with van der Waals surface area (Å²) in [5.41, 5.74) is 0. The first-order chi connectivity index (χ1) is 4.09. The van der Waals surface area contributed by atoms with Crippen molar-refractivity contribution in [3.63, 3.8) is 0 Å². The van der Waals surface area contributed by atoms with Crippen LogP contribution in [0, 0.1) is 0 Å². The normalized spacial score (nSPS) is 12.2. The van der Waals surface area contributed by atoms with E-state index >= 15 is 0 Å². The van der Waals surface area contributed by atoms with Gasteiger partial charge in [0.25, 0.3) is 0 Å². The van der Waals surface area contributed by atoms with Crippen molar-refractivity contribution in [3.05, 3.63) is 10.1 Å². The number of hydrogen-bond acceptors (Lipinski definition) is 2. The first-order valence-corrected chi connectivity index (χ1v) is 4.61. The van der Waals surface area contributed by atoms with Gasteiger partial charge < -0.3 is 0 Å². The van der Waals surface area contributed by atoms with Gasteiger partial charge in [-0.25, -0.2) is 0 Å². The van der Waals surface area contributed by atoms with E-state index in [1.165, 1.54) is 6.92 Å². The summed E-state index contributed by atoms with van der Waals surface area (Å²) in [5.74, 6) is -0.533. The molecule has 0 atom stereocenters. The van der Waals surface area contributed by atoms with Crippen molar-refractivity contribution in [2.45, 2.75) is 6.92 Å². The predicted molar refractivity (Wildman–Crippen MR) is 36.3 cm³/mol. The van der Waals surface area contributed by atoms with Crippen molar-refractivity contribution in [2.24, 2.45) is 0 Å². The van der Waals surface area contributed by atoms with Crippen molar-refractivity contribution in [1.29, 1.82) is 0 Å². The van der Waals surface area contributed by atoms with Gasteiger partial charge in [0.2, 0.25) is 0 Å². The van der Waals surface area contributed by atoms with E-state index in [1.54, 1.807) is 0 Å². The van der Waals surface area contributed by atoms with E-state index in [2.05, 4.69) is 2.69 Å². The average molecular weight is 358 g/mol. The van der Waals surface area contributed by atoms with E-state index in [9.17, 15) is 4.79 Å². The molecule has 0 rings (SSSR count). The molecular weight excluding hydrogens is 355 g/mol. The Kier molecular flexibility index (Phi) is 4.87. The fraction of sp³-hybridized carbons (Fsp3) is 0.250. The van der Waals surface area contributed by atoms with Crippen molar-refractivity contribution in [2.75, 3.05) is 0 Å². The topological polar surface area (TPSA) is 26.3 Å². The van der Waals surface area contributed by atoms with E-state index in [-0.39, 0.29) is 36.3 Å². The van der Waals surface area contributed by atoms with Gasteiger partial charge in [0.1, 0.15) is 0 Å². The fourth-order valence-electron chi connectivity index (χ4n) is 0.192. The molecule has 0 aromatic rings. The Balaban J connectivity index is 4.21. The van der Waals surface area contributed by atoms with Crippen LogP contribution in [-0.4, -0.2) is 32.2 Å². The molecule has 0 spiro atoms. The number of carbonyl (C=O) groups excluding carboxylic acids is 1. The summed E-state index contributed by atoms with van der Waals surface area (Å²) in [5, 5.41) is 0.237. The zero-order valence-electron chi connectivity index (χ0n) is 4.65. The summed E-state index contributed by atoms with van der Waals surface area (Å²) in [7, 11) is 0. The summed E-state index contributed by atoms with van der Waals surface area (Å²) in [6.07, 6.45) is 0. The van der Waals surface area contributed by atoms with Crippen LogP contribution >= 0.6 is 23.2 Å². The predicted octanol–water partition coefficient (Wildman–Crippen LogP) is 1.32. The molecular formula is C4H3Cl2O2Tl. The molecule has 0 fully saturated rings. The first-order valence-electron chi connectivity index (χ1n) is 2.02. The molecule has 9 heavy (non-hydrogen) atoms. The maximum atomic E-state index is 10.5. The quantitative estimate of drug-likeness (QED) is 0.522. The van der Waals surface area contributed by atoms with Gasteiger partial charge in [-0.05, 0) is 0 Å². The molecule has 0 amide bonds. The Bertz CT molecular complexity index is 151. The van der Waals surface area contributed by atoms with Gasteiger partial charge in [-0.15, -0.1) is 0 Å². The number of hydrogen-bond donors (Lipinski definition) is 0. The van der Waals surface area contributed by atoms with Gasteiger partial charge in [-0.3, -0.25) is 0 Å². The van der Waals surface area contributed by atoms with E-state index in [0.717, 1.165) is 0 Å². The van der Waals surface area contributed by atoms with Crippen LogP contribution in [0.2, 0.25) is 0 Å². The van der Waals surface area contributed by atoms with Crippen LogP contribution in [0.4, 0.5) is 0 Å². The van der Waals surface area contributed by atoms with Crippen LogP contribution in [0.15, 0.2) is 10.1 Å². The Morgan fingerprint density at radius 2 is 2.00 bits per heavy atom. The van der Waals surface area contributed by atoms with Crippen LogP contribution in [0.5, 0.6) is 0 Å². The molecule has 0 saturated heterocycles. The van der Waals surface area contributed by atoms with Gasteiger partial charge in [-0.2, -0.15) is 0 Å².